The molecule has 0 aromatic heterocycles. The van der Waals surface area contributed by atoms with Crippen molar-refractivity contribution in [2.75, 3.05) is 19.8 Å². The van der Waals surface area contributed by atoms with Crippen LogP contribution in [-0.4, -0.2) is 32.1 Å². The molecule has 15 heavy (non-hydrogen) atoms. The molecule has 0 aromatic carbocycles. The van der Waals surface area contributed by atoms with Gasteiger partial charge in [0.1, 0.15) is 0 Å². The highest BCUT2D eigenvalue weighted by Gasteiger charge is 2.20. The molecule has 0 aromatic rings. The molecule has 0 aliphatic rings. The average Bonchev–Trinajstić information content (AvgIpc) is 2.18. The van der Waals surface area contributed by atoms with E-state index in [1.807, 2.05) is 20.8 Å². The monoisotopic (exact) mass is 218 g/mol. The van der Waals surface area contributed by atoms with Gasteiger partial charge in [0.25, 0.3) is 0 Å². The zero-order valence-corrected chi connectivity index (χ0v) is 10.1. The molecular formula is C11H22O4. The molecule has 0 bridgehead atoms. The van der Waals surface area contributed by atoms with Crippen molar-refractivity contribution in [1.29, 1.82) is 0 Å². The second kappa shape index (κ2) is 8.68. The molecule has 0 saturated heterocycles. The van der Waals surface area contributed by atoms with Crippen LogP contribution in [0.15, 0.2) is 0 Å². The van der Waals surface area contributed by atoms with Crippen LogP contribution in [0.3, 0.4) is 0 Å². The number of carbonyl (C=O) groups is 1. The van der Waals surface area contributed by atoms with Gasteiger partial charge in [-0.25, -0.2) is 0 Å². The summed E-state index contributed by atoms with van der Waals surface area (Å²) in [6, 6.07) is 0. The van der Waals surface area contributed by atoms with E-state index >= 15 is 0 Å². The van der Waals surface area contributed by atoms with Crippen LogP contribution in [0.4, 0.5) is 0 Å². The molecule has 0 aliphatic heterocycles. The van der Waals surface area contributed by atoms with Crippen LogP contribution in [0.5, 0.6) is 0 Å². The van der Waals surface area contributed by atoms with Crippen molar-refractivity contribution < 1.29 is 19.0 Å². The van der Waals surface area contributed by atoms with Gasteiger partial charge in [-0.3, -0.25) is 4.79 Å². The van der Waals surface area contributed by atoms with E-state index in [1.165, 1.54) is 0 Å². The normalized spacial score (nSPS) is 12.9. The van der Waals surface area contributed by atoms with Crippen LogP contribution in [0.1, 0.15) is 34.1 Å². The highest BCUT2D eigenvalue weighted by Crippen LogP contribution is 2.12. The largest absolute Gasteiger partial charge is 0.466 e. The standard InChI is InChI=1S/C11H22O4/c1-5-13-10(14-6-2)8-9(4)11(12)15-7-3/h9-10H,5-8H2,1-4H3. The minimum absolute atomic E-state index is 0.187. The second-order valence-electron chi connectivity index (χ2n) is 3.23. The Bertz CT molecular complexity index is 164. The first-order valence-corrected chi connectivity index (χ1v) is 5.55. The van der Waals surface area contributed by atoms with Crippen molar-refractivity contribution in [1.82, 2.24) is 0 Å². The van der Waals surface area contributed by atoms with Crippen LogP contribution < -0.4 is 0 Å². The van der Waals surface area contributed by atoms with Crippen molar-refractivity contribution in [3.8, 4) is 0 Å². The van der Waals surface area contributed by atoms with Gasteiger partial charge in [-0.2, -0.15) is 0 Å². The molecule has 1 unspecified atom stereocenters. The van der Waals surface area contributed by atoms with Gasteiger partial charge in [-0.15, -0.1) is 0 Å². The molecule has 0 saturated carbocycles. The van der Waals surface area contributed by atoms with E-state index in [0.29, 0.717) is 26.2 Å². The molecule has 0 aliphatic carbocycles. The van der Waals surface area contributed by atoms with Crippen LogP contribution >= 0.6 is 0 Å². The van der Waals surface area contributed by atoms with E-state index in [0.717, 1.165) is 0 Å². The lowest BCUT2D eigenvalue weighted by Crippen LogP contribution is -2.25. The van der Waals surface area contributed by atoms with Gasteiger partial charge in [-0.05, 0) is 20.8 Å². The Morgan fingerprint density at radius 2 is 1.60 bits per heavy atom. The minimum Gasteiger partial charge on any atom is -0.466 e. The SMILES string of the molecule is CCOC(=O)C(C)CC(OCC)OCC. The van der Waals surface area contributed by atoms with Gasteiger partial charge in [0.05, 0.1) is 12.5 Å². The number of hydrogen-bond donors (Lipinski definition) is 0. The van der Waals surface area contributed by atoms with Crippen molar-refractivity contribution in [2.24, 2.45) is 5.92 Å². The third-order valence-corrected chi connectivity index (χ3v) is 1.94. The fraction of sp³-hybridized carbons (Fsp3) is 0.909. The van der Waals surface area contributed by atoms with Crippen molar-refractivity contribution in [2.45, 2.75) is 40.4 Å². The number of ether oxygens (including phenoxy) is 3. The predicted octanol–water partition coefficient (Wildman–Crippen LogP) is 1.97. The third kappa shape index (κ3) is 6.47. The minimum atomic E-state index is -0.306. The van der Waals surface area contributed by atoms with E-state index in [-0.39, 0.29) is 18.2 Å². The van der Waals surface area contributed by atoms with E-state index < -0.39 is 0 Å². The summed E-state index contributed by atoms with van der Waals surface area (Å²) in [4.78, 5) is 11.4. The number of carbonyl (C=O) groups excluding carboxylic acids is 1. The van der Waals surface area contributed by atoms with Gasteiger partial charge in [0, 0.05) is 19.6 Å². The molecule has 0 spiro atoms. The average molecular weight is 218 g/mol. The summed E-state index contributed by atoms with van der Waals surface area (Å²) < 4.78 is 15.6. The van der Waals surface area contributed by atoms with Crippen molar-refractivity contribution in [3.63, 3.8) is 0 Å². The molecular weight excluding hydrogens is 196 g/mol. The Morgan fingerprint density at radius 1 is 1.07 bits per heavy atom. The molecule has 4 heteroatoms. The van der Waals surface area contributed by atoms with Crippen LogP contribution in [0.25, 0.3) is 0 Å². The molecule has 0 N–H and O–H groups in total. The number of rotatable bonds is 8. The summed E-state index contributed by atoms with van der Waals surface area (Å²) in [6.07, 6.45) is 0.236. The summed E-state index contributed by atoms with van der Waals surface area (Å²) in [5, 5.41) is 0. The van der Waals surface area contributed by atoms with Crippen molar-refractivity contribution in [3.05, 3.63) is 0 Å². The van der Waals surface area contributed by atoms with Gasteiger partial charge in [0.2, 0.25) is 0 Å². The van der Waals surface area contributed by atoms with Crippen LogP contribution in [0.2, 0.25) is 0 Å². The predicted molar refractivity (Wildman–Crippen MR) is 57.5 cm³/mol. The van der Waals surface area contributed by atoms with Gasteiger partial charge < -0.3 is 14.2 Å². The fourth-order valence-corrected chi connectivity index (χ4v) is 1.23. The summed E-state index contributed by atoms with van der Waals surface area (Å²) in [6.45, 7) is 9.01. The lowest BCUT2D eigenvalue weighted by molar-refractivity contribution is -0.163. The smallest absolute Gasteiger partial charge is 0.308 e. The maximum absolute atomic E-state index is 11.4. The maximum Gasteiger partial charge on any atom is 0.308 e. The molecule has 0 amide bonds. The Balaban J connectivity index is 3.96. The molecule has 0 fully saturated rings. The van der Waals surface area contributed by atoms with Crippen LogP contribution in [0, 0.1) is 5.92 Å². The molecule has 1 atom stereocenters. The van der Waals surface area contributed by atoms with Gasteiger partial charge in [0.15, 0.2) is 6.29 Å². The molecule has 0 rings (SSSR count). The Morgan fingerprint density at radius 3 is 2.00 bits per heavy atom. The summed E-state index contributed by atoms with van der Waals surface area (Å²) in [7, 11) is 0. The first-order chi connectivity index (χ1) is 7.15. The summed E-state index contributed by atoms with van der Waals surface area (Å²) in [5.41, 5.74) is 0. The van der Waals surface area contributed by atoms with E-state index in [2.05, 4.69) is 0 Å². The third-order valence-electron chi connectivity index (χ3n) is 1.94. The Labute approximate surface area is 91.9 Å². The highest BCUT2D eigenvalue weighted by molar-refractivity contribution is 5.71. The zero-order valence-electron chi connectivity index (χ0n) is 10.1. The highest BCUT2D eigenvalue weighted by atomic mass is 16.7. The molecule has 4 nitrogen and oxygen atoms in total. The lowest BCUT2D eigenvalue weighted by atomic mass is 10.1. The van der Waals surface area contributed by atoms with Gasteiger partial charge >= 0.3 is 5.97 Å². The van der Waals surface area contributed by atoms with Gasteiger partial charge in [-0.1, -0.05) is 6.92 Å². The quantitative estimate of drug-likeness (QED) is 0.461. The number of hydrogen-bond acceptors (Lipinski definition) is 4. The lowest BCUT2D eigenvalue weighted by Gasteiger charge is -2.19. The van der Waals surface area contributed by atoms with E-state index in [4.69, 9.17) is 14.2 Å². The van der Waals surface area contributed by atoms with E-state index in [1.54, 1.807) is 6.92 Å². The topological polar surface area (TPSA) is 44.8 Å². The van der Waals surface area contributed by atoms with Crippen LogP contribution in [-0.2, 0) is 19.0 Å². The summed E-state index contributed by atoms with van der Waals surface area (Å²) >= 11 is 0. The first kappa shape index (κ1) is 14.4. The molecule has 0 radical (unpaired) electrons. The molecule has 90 valence electrons. The maximum atomic E-state index is 11.4. The fourth-order valence-electron chi connectivity index (χ4n) is 1.23. The first-order valence-electron chi connectivity index (χ1n) is 5.55. The zero-order chi connectivity index (χ0) is 11.7. The Hall–Kier alpha value is -0.610. The second-order valence-corrected chi connectivity index (χ2v) is 3.23. The number of esters is 1. The summed E-state index contributed by atoms with van der Waals surface area (Å²) in [5.74, 6) is -0.380. The Kier molecular flexibility index (Phi) is 8.33. The molecule has 0 heterocycles. The van der Waals surface area contributed by atoms with Crippen molar-refractivity contribution >= 4 is 5.97 Å². The van der Waals surface area contributed by atoms with E-state index in [9.17, 15) is 4.79 Å².